The summed E-state index contributed by atoms with van der Waals surface area (Å²) in [6.45, 7) is 6.12. The molecule has 0 bridgehead atoms. The van der Waals surface area contributed by atoms with E-state index < -0.39 is 5.60 Å². The molecule has 1 fully saturated rings. The van der Waals surface area contributed by atoms with Crippen LogP contribution in [0, 0.1) is 11.8 Å². The topological polar surface area (TPSA) is 20.2 Å². The van der Waals surface area contributed by atoms with Gasteiger partial charge in [0.25, 0.3) is 0 Å². The summed E-state index contributed by atoms with van der Waals surface area (Å²) in [6.07, 6.45) is 1.17. The van der Waals surface area contributed by atoms with Gasteiger partial charge in [-0.3, -0.25) is 0 Å². The molecule has 1 nitrogen and oxygen atoms in total. The Morgan fingerprint density at radius 3 is 2.33 bits per heavy atom. The highest BCUT2D eigenvalue weighted by molar-refractivity contribution is 5.22. The van der Waals surface area contributed by atoms with Crippen molar-refractivity contribution in [2.75, 3.05) is 0 Å². The Labute approximate surface area is 92.1 Å². The molecule has 3 unspecified atom stereocenters. The lowest BCUT2D eigenvalue weighted by Crippen LogP contribution is -2.23. The molecule has 3 atom stereocenters. The van der Waals surface area contributed by atoms with Crippen molar-refractivity contribution >= 4 is 0 Å². The summed E-state index contributed by atoms with van der Waals surface area (Å²) in [4.78, 5) is 0. The van der Waals surface area contributed by atoms with E-state index in [9.17, 15) is 5.11 Å². The molecular formula is C14H20O. The molecule has 1 N–H and O–H groups in total. The van der Waals surface area contributed by atoms with E-state index >= 15 is 0 Å². The Bertz CT molecular complexity index is 323. The first-order valence-electron chi connectivity index (χ1n) is 5.77. The maximum Gasteiger partial charge on any atom is 0.0622 e. The van der Waals surface area contributed by atoms with Crippen molar-refractivity contribution in [2.24, 2.45) is 11.8 Å². The summed E-state index contributed by atoms with van der Waals surface area (Å²) in [5.41, 5.74) is 0.891. The van der Waals surface area contributed by atoms with Crippen molar-refractivity contribution < 1.29 is 5.11 Å². The molecule has 0 spiro atoms. The highest BCUT2D eigenvalue weighted by Crippen LogP contribution is 2.53. The Balaban J connectivity index is 2.04. The number of rotatable bonds is 3. The standard InChI is InChI=1S/C14H20O/c1-10(11-7-5-4-6-8-11)12-9-13(12)14(2,3)15/h4-8,10,12-13,15H,9H2,1-3H3. The second-order valence-electron chi connectivity index (χ2n) is 5.36. The zero-order valence-corrected chi connectivity index (χ0v) is 9.77. The molecule has 1 aromatic rings. The van der Waals surface area contributed by atoms with Crippen LogP contribution in [0.15, 0.2) is 30.3 Å². The van der Waals surface area contributed by atoms with E-state index in [1.165, 1.54) is 12.0 Å². The second-order valence-corrected chi connectivity index (χ2v) is 5.36. The number of hydrogen-bond donors (Lipinski definition) is 1. The number of hydrogen-bond acceptors (Lipinski definition) is 1. The van der Waals surface area contributed by atoms with Gasteiger partial charge in [-0.1, -0.05) is 37.3 Å². The first kappa shape index (κ1) is 10.7. The van der Waals surface area contributed by atoms with Crippen LogP contribution < -0.4 is 0 Å². The summed E-state index contributed by atoms with van der Waals surface area (Å²) < 4.78 is 0. The van der Waals surface area contributed by atoms with Gasteiger partial charge in [0.05, 0.1) is 5.60 Å². The molecule has 0 radical (unpaired) electrons. The fourth-order valence-corrected chi connectivity index (χ4v) is 2.58. The average molecular weight is 204 g/mol. The summed E-state index contributed by atoms with van der Waals surface area (Å²) in [5.74, 6) is 1.71. The fourth-order valence-electron chi connectivity index (χ4n) is 2.58. The van der Waals surface area contributed by atoms with Crippen molar-refractivity contribution in [1.29, 1.82) is 0 Å². The van der Waals surface area contributed by atoms with E-state index in [1.807, 2.05) is 13.8 Å². The fraction of sp³-hybridized carbons (Fsp3) is 0.571. The first-order valence-corrected chi connectivity index (χ1v) is 5.77. The largest absolute Gasteiger partial charge is 0.390 e. The Hall–Kier alpha value is -0.820. The lowest BCUT2D eigenvalue weighted by atomic mass is 9.91. The van der Waals surface area contributed by atoms with Crippen LogP contribution in [0.3, 0.4) is 0 Å². The number of aliphatic hydroxyl groups is 1. The summed E-state index contributed by atoms with van der Waals surface area (Å²) in [5, 5.41) is 9.92. The van der Waals surface area contributed by atoms with Crippen molar-refractivity contribution in [3.8, 4) is 0 Å². The van der Waals surface area contributed by atoms with E-state index in [4.69, 9.17) is 0 Å². The van der Waals surface area contributed by atoms with E-state index in [1.54, 1.807) is 0 Å². The van der Waals surface area contributed by atoms with Gasteiger partial charge in [-0.15, -0.1) is 0 Å². The van der Waals surface area contributed by atoms with Gasteiger partial charge in [0.1, 0.15) is 0 Å². The van der Waals surface area contributed by atoms with Gasteiger partial charge >= 0.3 is 0 Å². The molecule has 2 rings (SSSR count). The maximum atomic E-state index is 9.92. The predicted octanol–water partition coefficient (Wildman–Crippen LogP) is 3.20. The molecule has 0 aromatic heterocycles. The van der Waals surface area contributed by atoms with Gasteiger partial charge in [0.2, 0.25) is 0 Å². The molecule has 1 saturated carbocycles. The van der Waals surface area contributed by atoms with Gasteiger partial charge < -0.3 is 5.11 Å². The highest BCUT2D eigenvalue weighted by Gasteiger charge is 2.49. The quantitative estimate of drug-likeness (QED) is 0.801. The third-order valence-corrected chi connectivity index (χ3v) is 3.71. The third-order valence-electron chi connectivity index (χ3n) is 3.71. The molecule has 1 aliphatic rings. The molecule has 1 aliphatic carbocycles. The minimum Gasteiger partial charge on any atom is -0.390 e. The van der Waals surface area contributed by atoms with Gasteiger partial charge in [0, 0.05) is 0 Å². The molecule has 0 heterocycles. The van der Waals surface area contributed by atoms with Crippen molar-refractivity contribution in [1.82, 2.24) is 0 Å². The Kier molecular flexibility index (Phi) is 2.59. The van der Waals surface area contributed by atoms with Crippen LogP contribution in [0.1, 0.15) is 38.7 Å². The van der Waals surface area contributed by atoms with Crippen LogP contribution in [-0.2, 0) is 0 Å². The summed E-state index contributed by atoms with van der Waals surface area (Å²) >= 11 is 0. The first-order chi connectivity index (χ1) is 7.00. The maximum absolute atomic E-state index is 9.92. The molecule has 0 saturated heterocycles. The van der Waals surface area contributed by atoms with Gasteiger partial charge in [-0.2, -0.15) is 0 Å². The lowest BCUT2D eigenvalue weighted by Gasteiger charge is -2.19. The van der Waals surface area contributed by atoms with Gasteiger partial charge in [0.15, 0.2) is 0 Å². The smallest absolute Gasteiger partial charge is 0.0622 e. The number of benzene rings is 1. The van der Waals surface area contributed by atoms with E-state index in [2.05, 4.69) is 37.3 Å². The molecule has 15 heavy (non-hydrogen) atoms. The van der Waals surface area contributed by atoms with Crippen molar-refractivity contribution in [2.45, 2.75) is 38.7 Å². The van der Waals surface area contributed by atoms with Crippen molar-refractivity contribution in [3.05, 3.63) is 35.9 Å². The lowest BCUT2D eigenvalue weighted by molar-refractivity contribution is 0.0497. The second kappa shape index (κ2) is 3.64. The van der Waals surface area contributed by atoms with Crippen LogP contribution in [-0.4, -0.2) is 10.7 Å². The van der Waals surface area contributed by atoms with E-state index in [0.29, 0.717) is 17.8 Å². The Morgan fingerprint density at radius 2 is 1.87 bits per heavy atom. The average Bonchev–Trinajstić information content (AvgIpc) is 2.97. The highest BCUT2D eigenvalue weighted by atomic mass is 16.3. The minimum atomic E-state index is -0.506. The summed E-state index contributed by atoms with van der Waals surface area (Å²) in [7, 11) is 0. The van der Waals surface area contributed by atoms with Crippen LogP contribution >= 0.6 is 0 Å². The van der Waals surface area contributed by atoms with Crippen LogP contribution in [0.25, 0.3) is 0 Å². The monoisotopic (exact) mass is 204 g/mol. The predicted molar refractivity (Wildman–Crippen MR) is 62.8 cm³/mol. The van der Waals surface area contributed by atoms with E-state index in [-0.39, 0.29) is 0 Å². The molecule has 1 aromatic carbocycles. The van der Waals surface area contributed by atoms with Crippen molar-refractivity contribution in [3.63, 3.8) is 0 Å². The van der Waals surface area contributed by atoms with Gasteiger partial charge in [-0.05, 0) is 43.6 Å². The zero-order chi connectivity index (χ0) is 11.1. The molecule has 0 aliphatic heterocycles. The third kappa shape index (κ3) is 2.23. The molecule has 82 valence electrons. The molecular weight excluding hydrogens is 184 g/mol. The normalized spacial score (nSPS) is 27.5. The molecule has 0 amide bonds. The van der Waals surface area contributed by atoms with Gasteiger partial charge in [-0.25, -0.2) is 0 Å². The summed E-state index contributed by atoms with van der Waals surface area (Å²) in [6, 6.07) is 10.6. The minimum absolute atomic E-state index is 0.479. The van der Waals surface area contributed by atoms with E-state index in [0.717, 1.165) is 0 Å². The zero-order valence-electron chi connectivity index (χ0n) is 9.77. The molecule has 1 heteroatoms. The van der Waals surface area contributed by atoms with Crippen LogP contribution in [0.2, 0.25) is 0 Å². The SMILES string of the molecule is CC(c1ccccc1)C1CC1C(C)(C)O. The van der Waals surface area contributed by atoms with Crippen LogP contribution in [0.4, 0.5) is 0 Å². The Morgan fingerprint density at radius 1 is 1.27 bits per heavy atom. The van der Waals surface area contributed by atoms with Crippen LogP contribution in [0.5, 0.6) is 0 Å².